The molecule has 3 nitrogen and oxygen atoms in total. The minimum atomic E-state index is -0.00175. The van der Waals surface area contributed by atoms with Gasteiger partial charge in [-0.05, 0) is 51.2 Å². The lowest BCUT2D eigenvalue weighted by atomic mass is 9.97. The molecule has 0 atom stereocenters. The highest BCUT2D eigenvalue weighted by atomic mass is 16.1. The van der Waals surface area contributed by atoms with Gasteiger partial charge in [-0.1, -0.05) is 29.8 Å². The van der Waals surface area contributed by atoms with Crippen LogP contribution in [0.4, 0.5) is 0 Å². The zero-order valence-electron chi connectivity index (χ0n) is 13.1. The van der Waals surface area contributed by atoms with Crippen LogP contribution in [0.15, 0.2) is 42.0 Å². The third-order valence-corrected chi connectivity index (χ3v) is 4.21. The summed E-state index contributed by atoms with van der Waals surface area (Å²) in [4.78, 5) is 17.0. The number of nitrogens with zero attached hydrogens (tertiary/aromatic N) is 1. The molecule has 3 heteroatoms. The van der Waals surface area contributed by atoms with Gasteiger partial charge in [-0.3, -0.25) is 9.78 Å². The number of nitrogens with one attached hydrogen (secondary N) is 1. The van der Waals surface area contributed by atoms with E-state index in [-0.39, 0.29) is 5.91 Å². The first-order chi connectivity index (χ1) is 10.7. The van der Waals surface area contributed by atoms with Crippen LogP contribution in [0, 0.1) is 6.92 Å². The summed E-state index contributed by atoms with van der Waals surface area (Å²) in [6.07, 6.45) is 8.27. The molecule has 0 saturated carbocycles. The zero-order valence-corrected chi connectivity index (χ0v) is 13.1. The number of hydrogen-bond acceptors (Lipinski definition) is 2. The van der Waals surface area contributed by atoms with Gasteiger partial charge < -0.3 is 5.32 Å². The monoisotopic (exact) mass is 294 g/mol. The number of allylic oxidation sites excluding steroid dienone is 1. The van der Waals surface area contributed by atoms with Crippen LogP contribution < -0.4 is 5.32 Å². The number of pyridine rings is 1. The summed E-state index contributed by atoms with van der Waals surface area (Å²) in [6, 6.07) is 9.68. The number of aryl methyl sites for hydroxylation is 1. The molecular weight excluding hydrogens is 272 g/mol. The van der Waals surface area contributed by atoms with Crippen molar-refractivity contribution >= 4 is 16.8 Å². The third-order valence-electron chi connectivity index (χ3n) is 4.21. The van der Waals surface area contributed by atoms with Crippen LogP contribution in [0.2, 0.25) is 0 Å². The molecule has 1 N–H and O–H groups in total. The highest BCUT2D eigenvalue weighted by Crippen LogP contribution is 2.20. The van der Waals surface area contributed by atoms with Crippen molar-refractivity contribution in [1.29, 1.82) is 0 Å². The lowest BCUT2D eigenvalue weighted by molar-refractivity contribution is 0.0955. The van der Waals surface area contributed by atoms with Gasteiger partial charge in [-0.15, -0.1) is 0 Å². The fourth-order valence-corrected chi connectivity index (χ4v) is 3.06. The number of hydrogen-bond donors (Lipinski definition) is 1. The Morgan fingerprint density at radius 3 is 2.95 bits per heavy atom. The molecule has 0 aliphatic heterocycles. The van der Waals surface area contributed by atoms with Gasteiger partial charge in [0.25, 0.3) is 5.91 Å². The van der Waals surface area contributed by atoms with Crippen molar-refractivity contribution in [3.63, 3.8) is 0 Å². The Hall–Kier alpha value is -2.16. The van der Waals surface area contributed by atoms with Crippen LogP contribution in [0.1, 0.15) is 48.2 Å². The molecule has 1 aliphatic carbocycles. The molecule has 0 unspecified atom stereocenters. The van der Waals surface area contributed by atoms with E-state index in [9.17, 15) is 4.79 Å². The number of aromatic nitrogens is 1. The number of amides is 1. The Bertz CT molecular complexity index is 718. The predicted molar refractivity (Wildman–Crippen MR) is 90.0 cm³/mol. The summed E-state index contributed by atoms with van der Waals surface area (Å²) in [5.41, 5.74) is 3.96. The number of fused-ring (bicyclic) bond motifs is 1. The minimum Gasteiger partial charge on any atom is -0.352 e. The van der Waals surface area contributed by atoms with Crippen LogP contribution in [-0.4, -0.2) is 17.4 Å². The molecule has 0 fully saturated rings. The van der Waals surface area contributed by atoms with E-state index in [0.717, 1.165) is 28.6 Å². The van der Waals surface area contributed by atoms with E-state index in [2.05, 4.69) is 16.4 Å². The maximum Gasteiger partial charge on any atom is 0.252 e. The van der Waals surface area contributed by atoms with Crippen LogP contribution in [-0.2, 0) is 0 Å². The van der Waals surface area contributed by atoms with Crippen molar-refractivity contribution in [3.8, 4) is 0 Å². The maximum atomic E-state index is 12.5. The third kappa shape index (κ3) is 3.35. The van der Waals surface area contributed by atoms with E-state index in [0.29, 0.717) is 6.54 Å². The number of rotatable bonds is 4. The van der Waals surface area contributed by atoms with Crippen molar-refractivity contribution in [1.82, 2.24) is 10.3 Å². The average Bonchev–Trinajstić information content (AvgIpc) is 2.55. The number of carbonyl (C=O) groups excluding carboxylic acids is 1. The highest BCUT2D eigenvalue weighted by Gasteiger charge is 2.12. The van der Waals surface area contributed by atoms with Gasteiger partial charge in [0.15, 0.2) is 0 Å². The smallest absolute Gasteiger partial charge is 0.252 e. The van der Waals surface area contributed by atoms with Crippen molar-refractivity contribution in [3.05, 3.63) is 53.2 Å². The summed E-state index contributed by atoms with van der Waals surface area (Å²) in [5, 5.41) is 3.98. The van der Waals surface area contributed by atoms with Gasteiger partial charge in [-0.25, -0.2) is 0 Å². The molecule has 1 amide bonds. The van der Waals surface area contributed by atoms with E-state index in [4.69, 9.17) is 0 Å². The number of carbonyl (C=O) groups is 1. The van der Waals surface area contributed by atoms with Gasteiger partial charge in [0, 0.05) is 17.6 Å². The second-order valence-corrected chi connectivity index (χ2v) is 5.94. The maximum absolute atomic E-state index is 12.5. The first-order valence-corrected chi connectivity index (χ1v) is 8.06. The summed E-state index contributed by atoms with van der Waals surface area (Å²) in [5.74, 6) is -0.00175. The lowest BCUT2D eigenvalue weighted by Crippen LogP contribution is -2.25. The largest absolute Gasteiger partial charge is 0.352 e. The van der Waals surface area contributed by atoms with Crippen LogP contribution in [0.5, 0.6) is 0 Å². The van der Waals surface area contributed by atoms with Crippen molar-refractivity contribution in [2.24, 2.45) is 0 Å². The van der Waals surface area contributed by atoms with Gasteiger partial charge in [0.1, 0.15) is 0 Å². The van der Waals surface area contributed by atoms with E-state index < -0.39 is 0 Å². The summed E-state index contributed by atoms with van der Waals surface area (Å²) < 4.78 is 0. The summed E-state index contributed by atoms with van der Waals surface area (Å²) in [6.45, 7) is 2.64. The average molecular weight is 294 g/mol. The Kier molecular flexibility index (Phi) is 4.52. The first-order valence-electron chi connectivity index (χ1n) is 8.06. The predicted octanol–water partition coefficient (Wildman–Crippen LogP) is 4.16. The molecule has 1 aliphatic rings. The topological polar surface area (TPSA) is 42.0 Å². The molecule has 114 valence electrons. The van der Waals surface area contributed by atoms with Crippen LogP contribution in [0.3, 0.4) is 0 Å². The molecule has 0 radical (unpaired) electrons. The molecule has 3 rings (SSSR count). The molecule has 1 aromatic heterocycles. The Morgan fingerprint density at radius 2 is 2.14 bits per heavy atom. The molecule has 0 bridgehead atoms. The van der Waals surface area contributed by atoms with E-state index in [1.165, 1.54) is 31.3 Å². The SMILES string of the molecule is Cc1cc(C(=O)NCCC2=CCCCC2)c2ccccc2n1. The minimum absolute atomic E-state index is 0.00175. The summed E-state index contributed by atoms with van der Waals surface area (Å²) in [7, 11) is 0. The van der Waals surface area contributed by atoms with Gasteiger partial charge >= 0.3 is 0 Å². The van der Waals surface area contributed by atoms with Crippen LogP contribution >= 0.6 is 0 Å². The highest BCUT2D eigenvalue weighted by molar-refractivity contribution is 6.06. The first kappa shape index (κ1) is 14.8. The fourth-order valence-electron chi connectivity index (χ4n) is 3.06. The molecule has 0 spiro atoms. The quantitative estimate of drug-likeness (QED) is 0.860. The molecule has 1 heterocycles. The molecule has 2 aromatic rings. The number of para-hydroxylation sites is 1. The molecule has 1 aromatic carbocycles. The second-order valence-electron chi connectivity index (χ2n) is 5.94. The van der Waals surface area contributed by atoms with Crippen molar-refractivity contribution < 1.29 is 4.79 Å². The molecule has 22 heavy (non-hydrogen) atoms. The summed E-state index contributed by atoms with van der Waals surface area (Å²) >= 11 is 0. The zero-order chi connectivity index (χ0) is 15.4. The van der Waals surface area contributed by atoms with E-state index in [1.54, 1.807) is 0 Å². The van der Waals surface area contributed by atoms with E-state index >= 15 is 0 Å². The van der Waals surface area contributed by atoms with Gasteiger partial charge in [0.2, 0.25) is 0 Å². The molecule has 0 saturated heterocycles. The normalized spacial score (nSPS) is 14.7. The van der Waals surface area contributed by atoms with E-state index in [1.807, 2.05) is 37.3 Å². The lowest BCUT2D eigenvalue weighted by Gasteiger charge is -2.13. The van der Waals surface area contributed by atoms with Gasteiger partial charge in [0.05, 0.1) is 11.1 Å². The standard InChI is InChI=1S/C19H22N2O/c1-14-13-17(16-9-5-6-10-18(16)21-14)19(22)20-12-11-15-7-3-2-4-8-15/h5-7,9-10,13H,2-4,8,11-12H2,1H3,(H,20,22). The van der Waals surface area contributed by atoms with Crippen molar-refractivity contribution in [2.75, 3.05) is 6.54 Å². The Labute approximate surface area is 131 Å². The molecular formula is C19H22N2O. The Morgan fingerprint density at radius 1 is 1.27 bits per heavy atom. The van der Waals surface area contributed by atoms with Crippen molar-refractivity contribution in [2.45, 2.75) is 39.0 Å². The van der Waals surface area contributed by atoms with Crippen LogP contribution in [0.25, 0.3) is 10.9 Å². The second kappa shape index (κ2) is 6.73. The number of benzene rings is 1. The Balaban J connectivity index is 1.71. The van der Waals surface area contributed by atoms with Gasteiger partial charge in [-0.2, -0.15) is 0 Å². The fraction of sp³-hybridized carbons (Fsp3) is 0.368.